The third-order valence-electron chi connectivity index (χ3n) is 2.30. The molecule has 5 nitrogen and oxygen atoms in total. The van der Waals surface area contributed by atoms with Crippen LogP contribution in [0.25, 0.3) is 0 Å². The Labute approximate surface area is 123 Å². The van der Waals surface area contributed by atoms with Crippen LogP contribution in [0.4, 0.5) is 10.1 Å². The van der Waals surface area contributed by atoms with Crippen molar-refractivity contribution in [3.63, 3.8) is 0 Å². The summed E-state index contributed by atoms with van der Waals surface area (Å²) in [6.07, 6.45) is 0. The van der Waals surface area contributed by atoms with Crippen molar-refractivity contribution in [2.24, 2.45) is 5.14 Å². The molecule has 2 rings (SSSR count). The molecule has 0 saturated carbocycles. The molecular weight excluding hydrogens is 327 g/mol. The number of thiophene rings is 1. The normalized spacial score (nSPS) is 11.3. The highest BCUT2D eigenvalue weighted by molar-refractivity contribution is 7.91. The molecule has 1 heterocycles. The number of hydrogen-bond donors (Lipinski definition) is 2. The predicted molar refractivity (Wildman–Crippen MR) is 75.1 cm³/mol. The van der Waals surface area contributed by atoms with Crippen LogP contribution in [0, 0.1) is 5.82 Å². The van der Waals surface area contributed by atoms with Gasteiger partial charge in [-0.05, 0) is 24.3 Å². The van der Waals surface area contributed by atoms with Crippen LogP contribution in [-0.2, 0) is 10.0 Å². The highest BCUT2D eigenvalue weighted by Crippen LogP contribution is 2.22. The van der Waals surface area contributed by atoms with Crippen LogP contribution >= 0.6 is 22.9 Å². The van der Waals surface area contributed by atoms with E-state index in [1.807, 2.05) is 0 Å². The van der Waals surface area contributed by atoms with E-state index in [2.05, 4.69) is 5.32 Å². The average molecular weight is 335 g/mol. The van der Waals surface area contributed by atoms with Crippen LogP contribution < -0.4 is 10.5 Å². The summed E-state index contributed by atoms with van der Waals surface area (Å²) >= 11 is 6.43. The number of hydrogen-bond acceptors (Lipinski definition) is 4. The Morgan fingerprint density at radius 3 is 2.60 bits per heavy atom. The van der Waals surface area contributed by atoms with Crippen molar-refractivity contribution in [1.29, 1.82) is 0 Å². The molecule has 0 unspecified atom stereocenters. The van der Waals surface area contributed by atoms with Crippen molar-refractivity contribution in [1.82, 2.24) is 0 Å². The summed E-state index contributed by atoms with van der Waals surface area (Å²) in [5.74, 6) is -1.14. The lowest BCUT2D eigenvalue weighted by Crippen LogP contribution is -2.12. The van der Waals surface area contributed by atoms with Crippen LogP contribution in [0.15, 0.2) is 33.9 Å². The van der Waals surface area contributed by atoms with E-state index in [9.17, 15) is 17.6 Å². The van der Waals surface area contributed by atoms with E-state index in [-0.39, 0.29) is 14.8 Å². The minimum atomic E-state index is -3.83. The highest BCUT2D eigenvalue weighted by Gasteiger charge is 2.15. The maximum atomic E-state index is 13.0. The lowest BCUT2D eigenvalue weighted by molar-refractivity contribution is 0.102. The van der Waals surface area contributed by atoms with E-state index in [1.54, 1.807) is 0 Å². The van der Waals surface area contributed by atoms with Gasteiger partial charge in [0.1, 0.15) is 10.0 Å². The van der Waals surface area contributed by atoms with Crippen molar-refractivity contribution in [2.75, 3.05) is 5.32 Å². The zero-order chi connectivity index (χ0) is 14.9. The first-order valence-corrected chi connectivity index (χ1v) is 7.95. The number of sulfonamides is 1. The highest BCUT2D eigenvalue weighted by atomic mass is 35.5. The van der Waals surface area contributed by atoms with Crippen LogP contribution in [0.5, 0.6) is 0 Å². The molecule has 0 fully saturated rings. The fraction of sp³-hybridized carbons (Fsp3) is 0. The monoisotopic (exact) mass is 334 g/mol. The van der Waals surface area contributed by atoms with E-state index >= 15 is 0 Å². The molecule has 0 saturated heterocycles. The van der Waals surface area contributed by atoms with Gasteiger partial charge in [0, 0.05) is 11.1 Å². The number of anilines is 1. The largest absolute Gasteiger partial charge is 0.322 e. The van der Waals surface area contributed by atoms with Crippen molar-refractivity contribution in [2.45, 2.75) is 4.21 Å². The maximum Gasteiger partial charge on any atom is 0.256 e. The Bertz CT molecular complexity index is 774. The molecule has 106 valence electrons. The van der Waals surface area contributed by atoms with Crippen LogP contribution in [0.3, 0.4) is 0 Å². The van der Waals surface area contributed by atoms with Crippen molar-refractivity contribution >= 4 is 44.6 Å². The predicted octanol–water partition coefficient (Wildman–Crippen LogP) is 2.44. The molecular formula is C11H8ClFN2O3S2. The number of halogens is 2. The smallest absolute Gasteiger partial charge is 0.256 e. The van der Waals surface area contributed by atoms with Crippen LogP contribution in [0.2, 0.25) is 5.02 Å². The summed E-state index contributed by atoms with van der Waals surface area (Å²) in [4.78, 5) is 11.9. The number of amides is 1. The van der Waals surface area contributed by atoms with Crippen molar-refractivity contribution in [3.05, 3.63) is 46.0 Å². The third-order valence-corrected chi connectivity index (χ3v) is 4.97. The number of nitrogens with two attached hydrogens (primary N) is 1. The molecule has 20 heavy (non-hydrogen) atoms. The van der Waals surface area contributed by atoms with E-state index in [1.165, 1.54) is 23.6 Å². The Kier molecular flexibility index (Phi) is 4.09. The van der Waals surface area contributed by atoms with Gasteiger partial charge in [-0.15, -0.1) is 11.3 Å². The second-order valence-corrected chi connectivity index (χ2v) is 6.89. The zero-order valence-electron chi connectivity index (χ0n) is 9.76. The van der Waals surface area contributed by atoms with Gasteiger partial charge in [0.15, 0.2) is 0 Å². The molecule has 0 atom stereocenters. The van der Waals surface area contributed by atoms with Crippen LogP contribution in [0.1, 0.15) is 10.4 Å². The average Bonchev–Trinajstić information content (AvgIpc) is 2.83. The van der Waals surface area contributed by atoms with E-state index in [0.29, 0.717) is 5.69 Å². The van der Waals surface area contributed by atoms with Gasteiger partial charge < -0.3 is 5.32 Å². The number of rotatable bonds is 3. The van der Waals surface area contributed by atoms with Gasteiger partial charge in [0.2, 0.25) is 10.0 Å². The SMILES string of the molecule is NS(=O)(=O)c1cc(C(=O)Nc2ccc(F)c(Cl)c2)cs1. The summed E-state index contributed by atoms with van der Waals surface area (Å²) in [7, 11) is -3.83. The minimum absolute atomic E-state index is 0.111. The molecule has 2 aromatic rings. The molecule has 0 aliphatic carbocycles. The van der Waals surface area contributed by atoms with Gasteiger partial charge in [0.05, 0.1) is 10.6 Å². The number of primary sulfonamides is 1. The van der Waals surface area contributed by atoms with Gasteiger partial charge in [-0.1, -0.05) is 11.6 Å². The number of nitrogens with one attached hydrogen (secondary N) is 1. The first-order valence-electron chi connectivity index (χ1n) is 5.15. The lowest BCUT2D eigenvalue weighted by atomic mass is 10.2. The fourth-order valence-electron chi connectivity index (χ4n) is 1.36. The van der Waals surface area contributed by atoms with Crippen molar-refractivity contribution in [3.8, 4) is 0 Å². The lowest BCUT2D eigenvalue weighted by Gasteiger charge is -2.04. The minimum Gasteiger partial charge on any atom is -0.322 e. The van der Waals surface area contributed by atoms with Gasteiger partial charge in [-0.3, -0.25) is 4.79 Å². The summed E-state index contributed by atoms with van der Waals surface area (Å²) in [6.45, 7) is 0. The molecule has 1 aromatic carbocycles. The number of benzene rings is 1. The van der Waals surface area contributed by atoms with Gasteiger partial charge in [-0.2, -0.15) is 0 Å². The summed E-state index contributed by atoms with van der Waals surface area (Å²) in [5.41, 5.74) is 0.434. The Morgan fingerprint density at radius 1 is 1.35 bits per heavy atom. The molecule has 1 aromatic heterocycles. The molecule has 0 aliphatic rings. The quantitative estimate of drug-likeness (QED) is 0.903. The maximum absolute atomic E-state index is 13.0. The summed E-state index contributed by atoms with van der Waals surface area (Å²) < 4.78 is 35.1. The Hall–Kier alpha value is -1.48. The molecule has 1 amide bonds. The fourth-order valence-corrected chi connectivity index (χ4v) is 3.13. The third kappa shape index (κ3) is 3.34. The number of carbonyl (C=O) groups is 1. The number of carbonyl (C=O) groups excluding carboxylic acids is 1. The molecule has 3 N–H and O–H groups in total. The molecule has 0 bridgehead atoms. The zero-order valence-corrected chi connectivity index (χ0v) is 12.2. The summed E-state index contributed by atoms with van der Waals surface area (Å²) in [6, 6.07) is 4.87. The summed E-state index contributed by atoms with van der Waals surface area (Å²) in [5, 5.41) is 8.66. The van der Waals surface area contributed by atoms with Gasteiger partial charge in [0.25, 0.3) is 5.91 Å². The molecule has 0 radical (unpaired) electrons. The first-order chi connectivity index (χ1) is 9.27. The van der Waals surface area contributed by atoms with Gasteiger partial charge >= 0.3 is 0 Å². The van der Waals surface area contributed by atoms with E-state index < -0.39 is 21.7 Å². The molecule has 9 heteroatoms. The second kappa shape index (κ2) is 5.49. The molecule has 0 aliphatic heterocycles. The van der Waals surface area contributed by atoms with E-state index in [4.69, 9.17) is 16.7 Å². The standard InChI is InChI=1S/C11H8ClFN2O3S2/c12-8-4-7(1-2-9(8)13)15-11(16)6-3-10(19-5-6)20(14,17)18/h1-5H,(H,15,16)(H2,14,17,18). The molecule has 0 spiro atoms. The Morgan fingerprint density at radius 2 is 2.05 bits per heavy atom. The van der Waals surface area contributed by atoms with Crippen molar-refractivity contribution < 1.29 is 17.6 Å². The topological polar surface area (TPSA) is 89.3 Å². The van der Waals surface area contributed by atoms with Gasteiger partial charge in [-0.25, -0.2) is 17.9 Å². The second-order valence-electron chi connectivity index (χ2n) is 3.78. The van der Waals surface area contributed by atoms with E-state index in [0.717, 1.165) is 17.4 Å². The first kappa shape index (κ1) is 14.9. The Balaban J connectivity index is 2.20. The van der Waals surface area contributed by atoms with Crippen LogP contribution in [-0.4, -0.2) is 14.3 Å².